The number of nitrogens with zero attached hydrogens (tertiary/aromatic N) is 2. The van der Waals surface area contributed by atoms with Crippen LogP contribution >= 0.6 is 0 Å². The van der Waals surface area contributed by atoms with Gasteiger partial charge in [-0.3, -0.25) is 9.97 Å². The van der Waals surface area contributed by atoms with Crippen LogP contribution in [-0.4, -0.2) is 9.97 Å². The monoisotopic (exact) mass is 456 g/mol. The average molecular weight is 457 g/mol. The van der Waals surface area contributed by atoms with E-state index < -0.39 is 5.41 Å². The summed E-state index contributed by atoms with van der Waals surface area (Å²) in [7, 11) is 0. The van der Waals surface area contributed by atoms with Crippen molar-refractivity contribution in [3.8, 4) is 11.3 Å². The molecule has 0 saturated carbocycles. The third kappa shape index (κ3) is 2.86. The van der Waals surface area contributed by atoms with Crippen molar-refractivity contribution in [2.75, 3.05) is 11.5 Å². The Hall–Kier alpha value is -4.18. The number of hydrogen-bond donors (Lipinski definition) is 2. The highest BCUT2D eigenvalue weighted by atomic mass is 14.8. The van der Waals surface area contributed by atoms with Gasteiger partial charge >= 0.3 is 0 Å². The van der Waals surface area contributed by atoms with Crippen molar-refractivity contribution in [3.05, 3.63) is 118 Å². The van der Waals surface area contributed by atoms with Crippen LogP contribution in [0, 0.1) is 27.7 Å². The first-order valence-corrected chi connectivity index (χ1v) is 11.9. The van der Waals surface area contributed by atoms with Crippen LogP contribution in [0.4, 0.5) is 11.4 Å². The molecule has 6 rings (SSSR count). The van der Waals surface area contributed by atoms with Crippen molar-refractivity contribution in [2.24, 2.45) is 0 Å². The van der Waals surface area contributed by atoms with E-state index in [1.807, 2.05) is 0 Å². The summed E-state index contributed by atoms with van der Waals surface area (Å²) < 4.78 is 0. The predicted molar refractivity (Wildman–Crippen MR) is 145 cm³/mol. The van der Waals surface area contributed by atoms with Gasteiger partial charge in [-0.15, -0.1) is 0 Å². The SMILES string of the molecule is Cc1cc(C2(c3cc(C)c(N)c(C)c3)c3cc4ccccc4cc3-c3nccnc32)cc(C)c1N. The van der Waals surface area contributed by atoms with Gasteiger partial charge in [0.2, 0.25) is 0 Å². The van der Waals surface area contributed by atoms with E-state index >= 15 is 0 Å². The number of anilines is 2. The Morgan fingerprint density at radius 2 is 1.11 bits per heavy atom. The zero-order valence-corrected chi connectivity index (χ0v) is 20.5. The minimum atomic E-state index is -0.643. The van der Waals surface area contributed by atoms with E-state index in [9.17, 15) is 0 Å². The van der Waals surface area contributed by atoms with Gasteiger partial charge in [0.1, 0.15) is 0 Å². The molecule has 0 saturated heterocycles. The highest BCUT2D eigenvalue weighted by Gasteiger charge is 2.49. The Labute approximate surface area is 205 Å². The molecule has 1 aliphatic rings. The molecule has 4 N–H and O–H groups in total. The smallest absolute Gasteiger partial charge is 0.0937 e. The first-order chi connectivity index (χ1) is 16.8. The second-order valence-electron chi connectivity index (χ2n) is 9.80. The van der Waals surface area contributed by atoms with Gasteiger partial charge in [-0.1, -0.05) is 48.5 Å². The van der Waals surface area contributed by atoms with Crippen molar-refractivity contribution < 1.29 is 0 Å². The van der Waals surface area contributed by atoms with E-state index in [2.05, 4.69) is 88.4 Å². The van der Waals surface area contributed by atoms with E-state index in [-0.39, 0.29) is 0 Å². The first kappa shape index (κ1) is 21.4. The molecule has 0 bridgehead atoms. The van der Waals surface area contributed by atoms with Gasteiger partial charge in [0.05, 0.1) is 16.8 Å². The lowest BCUT2D eigenvalue weighted by Crippen LogP contribution is -2.30. The second-order valence-corrected chi connectivity index (χ2v) is 9.80. The first-order valence-electron chi connectivity index (χ1n) is 11.9. The third-order valence-electron chi connectivity index (χ3n) is 7.65. The van der Waals surface area contributed by atoms with Gasteiger partial charge < -0.3 is 11.5 Å². The summed E-state index contributed by atoms with van der Waals surface area (Å²) in [6.45, 7) is 8.30. The normalized spacial score (nSPS) is 13.6. The van der Waals surface area contributed by atoms with Gasteiger partial charge in [-0.2, -0.15) is 0 Å². The van der Waals surface area contributed by atoms with E-state index in [4.69, 9.17) is 21.4 Å². The fraction of sp³-hybridized carbons (Fsp3) is 0.161. The number of hydrogen-bond acceptors (Lipinski definition) is 4. The molecule has 35 heavy (non-hydrogen) atoms. The number of rotatable bonds is 2. The Morgan fingerprint density at radius 3 is 1.66 bits per heavy atom. The van der Waals surface area contributed by atoms with Gasteiger partial charge in [-0.05, 0) is 89.5 Å². The Bertz CT molecular complexity index is 1560. The highest BCUT2D eigenvalue weighted by molar-refractivity contribution is 5.94. The van der Waals surface area contributed by atoms with Gasteiger partial charge in [0.25, 0.3) is 0 Å². The lowest BCUT2D eigenvalue weighted by Gasteiger charge is -2.34. The molecule has 1 aromatic heterocycles. The van der Waals surface area contributed by atoms with Crippen LogP contribution in [0.5, 0.6) is 0 Å². The Balaban J connectivity index is 1.85. The summed E-state index contributed by atoms with van der Waals surface area (Å²) in [6.07, 6.45) is 3.58. The summed E-state index contributed by atoms with van der Waals surface area (Å²) in [5.41, 5.74) is 24.5. The second kappa shape index (κ2) is 7.41. The van der Waals surface area contributed by atoms with Gasteiger partial charge in [-0.25, -0.2) is 0 Å². The van der Waals surface area contributed by atoms with E-state index in [1.54, 1.807) is 12.4 Å². The largest absolute Gasteiger partial charge is 0.398 e. The molecule has 0 unspecified atom stereocenters. The lowest BCUT2D eigenvalue weighted by atomic mass is 9.68. The van der Waals surface area contributed by atoms with Crippen LogP contribution in [0.3, 0.4) is 0 Å². The Kier molecular flexibility index (Phi) is 4.52. The van der Waals surface area contributed by atoms with Crippen LogP contribution in [0.25, 0.3) is 22.0 Å². The lowest BCUT2D eigenvalue weighted by molar-refractivity contribution is 0.732. The number of nitrogens with two attached hydrogens (primary N) is 2. The third-order valence-corrected chi connectivity index (χ3v) is 7.65. The van der Waals surface area contributed by atoms with Crippen molar-refractivity contribution in [1.29, 1.82) is 0 Å². The molecule has 1 heterocycles. The maximum Gasteiger partial charge on any atom is 0.0937 e. The van der Waals surface area contributed by atoms with Crippen LogP contribution in [0.15, 0.2) is 73.1 Å². The van der Waals surface area contributed by atoms with Gasteiger partial charge in [0, 0.05) is 29.3 Å². The van der Waals surface area contributed by atoms with Crippen molar-refractivity contribution in [2.45, 2.75) is 33.1 Å². The molecule has 4 nitrogen and oxygen atoms in total. The molecule has 4 aromatic carbocycles. The topological polar surface area (TPSA) is 77.8 Å². The number of aromatic nitrogens is 2. The molecule has 0 fully saturated rings. The minimum absolute atomic E-state index is 0.643. The van der Waals surface area contributed by atoms with Crippen LogP contribution in [-0.2, 0) is 5.41 Å². The number of aryl methyl sites for hydroxylation is 4. The van der Waals surface area contributed by atoms with Crippen molar-refractivity contribution in [1.82, 2.24) is 9.97 Å². The molecular formula is C31H28N4. The fourth-order valence-electron chi connectivity index (χ4n) is 5.82. The molecule has 0 atom stereocenters. The van der Waals surface area contributed by atoms with Crippen molar-refractivity contribution >= 4 is 22.1 Å². The average Bonchev–Trinajstić information content (AvgIpc) is 3.14. The van der Waals surface area contributed by atoms with Gasteiger partial charge in [0.15, 0.2) is 0 Å². The molecular weight excluding hydrogens is 428 g/mol. The maximum atomic E-state index is 6.42. The molecule has 0 aliphatic heterocycles. The summed E-state index contributed by atoms with van der Waals surface area (Å²) >= 11 is 0. The van der Waals surface area contributed by atoms with Crippen LogP contribution < -0.4 is 11.5 Å². The predicted octanol–water partition coefficient (Wildman–Crippen LogP) is 6.39. The summed E-state index contributed by atoms with van der Waals surface area (Å²) in [5.74, 6) is 0. The van der Waals surface area contributed by atoms with E-state index in [0.717, 1.165) is 61.7 Å². The molecule has 0 amide bonds. The molecule has 0 spiro atoms. The number of benzene rings is 4. The summed E-state index contributed by atoms with van der Waals surface area (Å²) in [5, 5.41) is 2.38. The molecule has 172 valence electrons. The van der Waals surface area contributed by atoms with Crippen molar-refractivity contribution in [3.63, 3.8) is 0 Å². The minimum Gasteiger partial charge on any atom is -0.398 e. The highest BCUT2D eigenvalue weighted by Crippen LogP contribution is 2.56. The van der Waals surface area contributed by atoms with Crippen LogP contribution in [0.1, 0.15) is 44.6 Å². The maximum absolute atomic E-state index is 6.42. The zero-order chi connectivity index (χ0) is 24.5. The molecule has 4 heteroatoms. The van der Waals surface area contributed by atoms with E-state index in [0.29, 0.717) is 0 Å². The summed E-state index contributed by atoms with van der Waals surface area (Å²) in [6, 6.07) is 21.9. The molecule has 1 aliphatic carbocycles. The molecule has 0 radical (unpaired) electrons. The van der Waals surface area contributed by atoms with E-state index in [1.165, 1.54) is 16.3 Å². The Morgan fingerprint density at radius 1 is 0.629 bits per heavy atom. The number of fused-ring (bicyclic) bond motifs is 4. The number of nitrogen functional groups attached to an aromatic ring is 2. The fourth-order valence-corrected chi connectivity index (χ4v) is 5.82. The molecule has 5 aromatic rings. The standard InChI is InChI=1S/C31H28N4/c1-17-11-23(12-18(2)27(17)32)31(24-13-19(3)28(33)20(4)14-24)26-16-22-8-6-5-7-21(22)15-25(26)29-30(31)35-10-9-34-29/h5-16H,32-33H2,1-4H3. The summed E-state index contributed by atoms with van der Waals surface area (Å²) in [4.78, 5) is 9.88. The zero-order valence-electron chi connectivity index (χ0n) is 20.5. The quantitative estimate of drug-likeness (QED) is 0.296. The van der Waals surface area contributed by atoms with Crippen LogP contribution in [0.2, 0.25) is 0 Å².